The van der Waals surface area contributed by atoms with Gasteiger partial charge in [0.2, 0.25) is 5.88 Å². The molecule has 8 nitrogen and oxygen atoms in total. The second kappa shape index (κ2) is 11.4. The quantitative estimate of drug-likeness (QED) is 0.329. The number of anilines is 1. The van der Waals surface area contributed by atoms with Crippen LogP contribution in [0.4, 0.5) is 14.5 Å². The SMILES string of the molecule is C=C(F)C(=O)N1CCN(c2c(C#N)c(OC[C@@H]3CCCN3C)nc3cc(-c4cccc5c4C4CC4C5)c(F)cc23)C[C@@H]1CC#N. The van der Waals surface area contributed by atoms with Crippen molar-refractivity contribution in [1.29, 1.82) is 10.5 Å². The lowest BCUT2D eigenvalue weighted by atomic mass is 9.92. The number of rotatable bonds is 7. The van der Waals surface area contributed by atoms with E-state index in [9.17, 15) is 19.7 Å². The van der Waals surface area contributed by atoms with Gasteiger partial charge in [0, 0.05) is 36.6 Å². The number of piperazine rings is 1. The Labute approximate surface area is 261 Å². The molecule has 0 spiro atoms. The van der Waals surface area contributed by atoms with E-state index in [4.69, 9.17) is 9.72 Å². The zero-order valence-corrected chi connectivity index (χ0v) is 25.2. The predicted molar refractivity (Wildman–Crippen MR) is 166 cm³/mol. The molecule has 4 aliphatic rings. The Bertz CT molecular complexity index is 1810. The summed E-state index contributed by atoms with van der Waals surface area (Å²) < 4.78 is 36.4. The minimum atomic E-state index is -1.09. The highest BCUT2D eigenvalue weighted by Gasteiger charge is 2.46. The number of ether oxygens (including phenoxy) is 1. The maximum atomic E-state index is 16.2. The normalized spacial score (nSPS) is 23.8. The number of benzene rings is 2. The number of hydrogen-bond donors (Lipinski definition) is 0. The Hall–Kier alpha value is -4.54. The largest absolute Gasteiger partial charge is 0.475 e. The van der Waals surface area contributed by atoms with Crippen LogP contribution >= 0.6 is 0 Å². The molecule has 2 aliphatic carbocycles. The van der Waals surface area contributed by atoms with Gasteiger partial charge in [-0.25, -0.2) is 13.8 Å². The van der Waals surface area contributed by atoms with Crippen molar-refractivity contribution in [3.05, 3.63) is 65.2 Å². The topological polar surface area (TPSA) is 96.5 Å². The van der Waals surface area contributed by atoms with Gasteiger partial charge in [0.25, 0.3) is 5.91 Å². The summed E-state index contributed by atoms with van der Waals surface area (Å²) in [5.41, 5.74) is 4.96. The van der Waals surface area contributed by atoms with Crippen molar-refractivity contribution in [2.75, 3.05) is 44.7 Å². The van der Waals surface area contributed by atoms with Gasteiger partial charge < -0.3 is 19.4 Å². The highest BCUT2D eigenvalue weighted by atomic mass is 19.1. The number of fused-ring (bicyclic) bond motifs is 4. The fourth-order valence-corrected chi connectivity index (χ4v) is 7.68. The molecule has 3 aromatic rings. The molecule has 1 saturated carbocycles. The molecule has 2 aliphatic heterocycles. The van der Waals surface area contributed by atoms with Crippen LogP contribution < -0.4 is 9.64 Å². The zero-order chi connectivity index (χ0) is 31.4. The third kappa shape index (κ3) is 5.07. The van der Waals surface area contributed by atoms with Gasteiger partial charge in [-0.2, -0.15) is 10.5 Å². The van der Waals surface area contributed by atoms with Crippen LogP contribution in [-0.2, 0) is 11.2 Å². The highest BCUT2D eigenvalue weighted by molar-refractivity contribution is 5.99. The van der Waals surface area contributed by atoms with Gasteiger partial charge in [-0.3, -0.25) is 4.79 Å². The monoisotopic (exact) mass is 608 g/mol. The van der Waals surface area contributed by atoms with Gasteiger partial charge in [-0.1, -0.05) is 24.8 Å². The van der Waals surface area contributed by atoms with Gasteiger partial charge in [-0.15, -0.1) is 0 Å². The van der Waals surface area contributed by atoms with Crippen LogP contribution in [-0.4, -0.2) is 72.6 Å². The van der Waals surface area contributed by atoms with Crippen molar-refractivity contribution in [3.63, 3.8) is 0 Å². The molecule has 2 unspecified atom stereocenters. The van der Waals surface area contributed by atoms with Gasteiger partial charge >= 0.3 is 0 Å². The summed E-state index contributed by atoms with van der Waals surface area (Å²) in [6, 6.07) is 13.2. The maximum absolute atomic E-state index is 16.2. The van der Waals surface area contributed by atoms with E-state index in [0.29, 0.717) is 40.6 Å². The molecule has 4 atom stereocenters. The Morgan fingerprint density at radius 3 is 2.76 bits per heavy atom. The number of amides is 1. The number of nitrogens with zero attached hydrogens (tertiary/aromatic N) is 6. The van der Waals surface area contributed by atoms with Crippen molar-refractivity contribution in [2.45, 2.75) is 50.1 Å². The molecule has 1 amide bonds. The molecule has 1 aromatic heterocycles. The van der Waals surface area contributed by atoms with E-state index in [1.54, 1.807) is 6.07 Å². The number of aromatic nitrogens is 1. The minimum absolute atomic E-state index is 0.0441. The second-order valence-corrected chi connectivity index (χ2v) is 12.7. The van der Waals surface area contributed by atoms with Crippen LogP contribution in [0.5, 0.6) is 5.88 Å². The lowest BCUT2D eigenvalue weighted by molar-refractivity contribution is -0.131. The summed E-state index contributed by atoms with van der Waals surface area (Å²) in [5.74, 6) is -1.08. The summed E-state index contributed by atoms with van der Waals surface area (Å²) in [7, 11) is 2.05. The first kappa shape index (κ1) is 29.2. The minimum Gasteiger partial charge on any atom is -0.475 e. The lowest BCUT2D eigenvalue weighted by Gasteiger charge is -2.42. The molecule has 10 heteroatoms. The van der Waals surface area contributed by atoms with Crippen LogP contribution in [0.3, 0.4) is 0 Å². The van der Waals surface area contributed by atoms with E-state index in [-0.39, 0.29) is 43.5 Å². The fourth-order valence-electron chi connectivity index (χ4n) is 7.68. The van der Waals surface area contributed by atoms with Crippen LogP contribution in [0, 0.1) is 34.4 Å². The first-order valence-electron chi connectivity index (χ1n) is 15.6. The number of likely N-dealkylation sites (N-methyl/N-ethyl adjacent to an activating group) is 1. The summed E-state index contributed by atoms with van der Waals surface area (Å²) in [6.45, 7) is 4.94. The van der Waals surface area contributed by atoms with Crippen LogP contribution in [0.2, 0.25) is 0 Å². The molecule has 7 rings (SSSR count). The fraction of sp³-hybridized carbons (Fsp3) is 0.429. The number of carbonyl (C=O) groups excluding carboxylic acids is 1. The van der Waals surface area contributed by atoms with Crippen molar-refractivity contribution in [1.82, 2.24) is 14.8 Å². The first-order chi connectivity index (χ1) is 21.8. The molecular formula is C35H34F2N6O2. The van der Waals surface area contributed by atoms with Gasteiger partial charge in [0.05, 0.1) is 29.7 Å². The number of nitriles is 2. The van der Waals surface area contributed by atoms with Gasteiger partial charge in [0.15, 0.2) is 5.83 Å². The smallest absolute Gasteiger partial charge is 0.282 e. The third-order valence-corrected chi connectivity index (χ3v) is 10.1. The molecule has 0 bridgehead atoms. The number of likely N-dealkylation sites (tertiary alicyclic amines) is 1. The first-order valence-corrected chi connectivity index (χ1v) is 15.6. The van der Waals surface area contributed by atoms with Gasteiger partial charge in [-0.05, 0) is 79.9 Å². The van der Waals surface area contributed by atoms with Crippen molar-refractivity contribution >= 4 is 22.5 Å². The number of carbonyl (C=O) groups is 1. The maximum Gasteiger partial charge on any atom is 0.282 e. The van der Waals surface area contributed by atoms with Crippen molar-refractivity contribution in [3.8, 4) is 29.1 Å². The van der Waals surface area contributed by atoms with E-state index in [1.165, 1.54) is 22.1 Å². The average Bonchev–Trinajstić information content (AvgIpc) is 3.51. The second-order valence-electron chi connectivity index (χ2n) is 12.7. The Kier molecular flexibility index (Phi) is 7.41. The van der Waals surface area contributed by atoms with E-state index in [2.05, 4.69) is 29.7 Å². The number of hydrogen-bond acceptors (Lipinski definition) is 7. The Balaban J connectivity index is 1.35. The Morgan fingerprint density at radius 1 is 1.18 bits per heavy atom. The molecule has 3 heterocycles. The van der Waals surface area contributed by atoms with E-state index >= 15 is 4.39 Å². The third-order valence-electron chi connectivity index (χ3n) is 10.1. The van der Waals surface area contributed by atoms with Crippen molar-refractivity contribution in [2.24, 2.45) is 5.92 Å². The molecule has 3 fully saturated rings. The molecule has 45 heavy (non-hydrogen) atoms. The summed E-state index contributed by atoms with van der Waals surface area (Å²) >= 11 is 0. The molecule has 2 aromatic carbocycles. The molecule has 230 valence electrons. The van der Waals surface area contributed by atoms with Gasteiger partial charge in [0.1, 0.15) is 24.1 Å². The van der Waals surface area contributed by atoms with Crippen molar-refractivity contribution < 1.29 is 18.3 Å². The summed E-state index contributed by atoms with van der Waals surface area (Å²) in [5, 5.41) is 20.5. The summed E-state index contributed by atoms with van der Waals surface area (Å²) in [6.07, 6.45) is 4.15. The molecular weight excluding hydrogens is 574 g/mol. The van der Waals surface area contributed by atoms with Crippen LogP contribution in [0.1, 0.15) is 48.3 Å². The summed E-state index contributed by atoms with van der Waals surface area (Å²) in [4.78, 5) is 22.8. The lowest BCUT2D eigenvalue weighted by Crippen LogP contribution is -2.55. The molecule has 0 radical (unpaired) electrons. The number of pyridine rings is 1. The van der Waals surface area contributed by atoms with Crippen LogP contribution in [0.25, 0.3) is 22.0 Å². The standard InChI is InChI=1S/C35H34F2N6O2/c1-20(36)35(44)43-12-11-42(18-23(43)8-9-38)33-28-15-30(37)27(25-7-3-5-21-13-22-14-26(22)32(21)25)16-31(28)40-34(29(33)17-39)45-19-24-6-4-10-41(24)2/h3,5,7,15-16,22-24,26H,1,4,6,8,10-14,18-19H2,2H3/t22?,23-,24-,26?/m0/s1. The van der Waals surface area contributed by atoms with E-state index in [0.717, 1.165) is 37.8 Å². The number of halogens is 2. The zero-order valence-electron chi connectivity index (χ0n) is 25.2. The predicted octanol–water partition coefficient (Wildman–Crippen LogP) is 5.46. The highest BCUT2D eigenvalue weighted by Crippen LogP contribution is 2.59. The average molecular weight is 609 g/mol. The molecule has 2 saturated heterocycles. The Morgan fingerprint density at radius 2 is 2.02 bits per heavy atom. The molecule has 0 N–H and O–H groups in total. The van der Waals surface area contributed by atoms with E-state index < -0.39 is 23.6 Å². The van der Waals surface area contributed by atoms with Crippen LogP contribution in [0.15, 0.2) is 42.7 Å². The van der Waals surface area contributed by atoms with E-state index in [1.807, 2.05) is 24.1 Å².